The Morgan fingerprint density at radius 2 is 1.95 bits per heavy atom. The quantitative estimate of drug-likeness (QED) is 0.917. The van der Waals surface area contributed by atoms with E-state index in [0.717, 1.165) is 22.6 Å². The number of rotatable bonds is 4. The van der Waals surface area contributed by atoms with Crippen LogP contribution in [0.3, 0.4) is 0 Å². The van der Waals surface area contributed by atoms with Gasteiger partial charge in [0.2, 0.25) is 0 Å². The summed E-state index contributed by atoms with van der Waals surface area (Å²) < 4.78 is 1.83. The number of benzene rings is 1. The molecule has 1 N–H and O–H groups in total. The molecule has 0 radical (unpaired) electrons. The van der Waals surface area contributed by atoms with Gasteiger partial charge in [-0.25, -0.2) is 4.68 Å². The molecule has 0 saturated carbocycles. The van der Waals surface area contributed by atoms with Crippen molar-refractivity contribution >= 4 is 5.97 Å². The number of aliphatic carboxylic acids is 1. The molecule has 0 saturated heterocycles. The van der Waals surface area contributed by atoms with E-state index in [4.69, 9.17) is 5.11 Å². The Hall–Kier alpha value is -2.10. The fourth-order valence-corrected chi connectivity index (χ4v) is 2.21. The number of para-hydroxylation sites is 1. The highest BCUT2D eigenvalue weighted by Crippen LogP contribution is 2.24. The van der Waals surface area contributed by atoms with Crippen molar-refractivity contribution in [2.45, 2.75) is 33.1 Å². The van der Waals surface area contributed by atoms with Gasteiger partial charge in [-0.2, -0.15) is 5.10 Å². The SMILES string of the molecule is Cc1c(CC(=O)O)c(C(C)C)nn1-c1ccccc1. The molecule has 0 spiro atoms. The van der Waals surface area contributed by atoms with E-state index in [1.54, 1.807) is 0 Å². The van der Waals surface area contributed by atoms with Crippen molar-refractivity contribution < 1.29 is 9.90 Å². The minimum atomic E-state index is -0.822. The third-order valence-corrected chi connectivity index (χ3v) is 3.15. The number of carboxylic acid groups (broad SMARTS) is 1. The topological polar surface area (TPSA) is 55.1 Å². The molecule has 0 aliphatic rings. The molecule has 0 aliphatic heterocycles. The van der Waals surface area contributed by atoms with Gasteiger partial charge in [-0.05, 0) is 25.0 Å². The van der Waals surface area contributed by atoms with E-state index >= 15 is 0 Å². The molecule has 4 heteroatoms. The molecule has 1 aromatic carbocycles. The normalized spacial score (nSPS) is 10.9. The van der Waals surface area contributed by atoms with Crippen LogP contribution in [0.25, 0.3) is 5.69 Å². The number of carbonyl (C=O) groups is 1. The highest BCUT2D eigenvalue weighted by Gasteiger charge is 2.19. The molecule has 0 atom stereocenters. The summed E-state index contributed by atoms with van der Waals surface area (Å²) in [4.78, 5) is 11.0. The fraction of sp³-hybridized carbons (Fsp3) is 0.333. The van der Waals surface area contributed by atoms with Crippen molar-refractivity contribution in [3.05, 3.63) is 47.3 Å². The van der Waals surface area contributed by atoms with Gasteiger partial charge in [0, 0.05) is 11.3 Å². The number of nitrogens with zero attached hydrogens (tertiary/aromatic N) is 2. The van der Waals surface area contributed by atoms with Gasteiger partial charge in [0.1, 0.15) is 0 Å². The fourth-order valence-electron chi connectivity index (χ4n) is 2.21. The van der Waals surface area contributed by atoms with Crippen molar-refractivity contribution in [1.82, 2.24) is 9.78 Å². The van der Waals surface area contributed by atoms with Crippen molar-refractivity contribution in [2.24, 2.45) is 0 Å². The van der Waals surface area contributed by atoms with E-state index in [-0.39, 0.29) is 12.3 Å². The number of aromatic nitrogens is 2. The molecular formula is C15H18N2O2. The lowest BCUT2D eigenvalue weighted by atomic mass is 10.0. The van der Waals surface area contributed by atoms with Crippen LogP contribution in [0.15, 0.2) is 30.3 Å². The Bertz CT molecular complexity index is 586. The van der Waals surface area contributed by atoms with Crippen molar-refractivity contribution in [3.8, 4) is 5.69 Å². The van der Waals surface area contributed by atoms with Crippen molar-refractivity contribution in [3.63, 3.8) is 0 Å². The maximum Gasteiger partial charge on any atom is 0.307 e. The Balaban J connectivity index is 2.55. The second kappa shape index (κ2) is 5.26. The van der Waals surface area contributed by atoms with Crippen LogP contribution in [0.4, 0.5) is 0 Å². The lowest BCUT2D eigenvalue weighted by Gasteiger charge is -2.04. The Kier molecular flexibility index (Phi) is 3.69. The largest absolute Gasteiger partial charge is 0.481 e. The molecule has 100 valence electrons. The van der Waals surface area contributed by atoms with Crippen molar-refractivity contribution in [1.29, 1.82) is 0 Å². The molecule has 1 aromatic heterocycles. The van der Waals surface area contributed by atoms with Gasteiger partial charge in [0.15, 0.2) is 0 Å². The number of carboxylic acids is 1. The lowest BCUT2D eigenvalue weighted by molar-refractivity contribution is -0.136. The average molecular weight is 258 g/mol. The minimum absolute atomic E-state index is 0.0200. The van der Waals surface area contributed by atoms with Crippen LogP contribution in [0.2, 0.25) is 0 Å². The smallest absolute Gasteiger partial charge is 0.307 e. The Morgan fingerprint density at radius 1 is 1.32 bits per heavy atom. The van der Waals surface area contributed by atoms with Gasteiger partial charge in [0.25, 0.3) is 0 Å². The molecule has 0 unspecified atom stereocenters. The summed E-state index contributed by atoms with van der Waals surface area (Å²) in [6.07, 6.45) is 0.0200. The van der Waals surface area contributed by atoms with E-state index in [9.17, 15) is 4.79 Å². The second-order valence-corrected chi connectivity index (χ2v) is 4.92. The van der Waals surface area contributed by atoms with Gasteiger partial charge in [-0.3, -0.25) is 4.79 Å². The summed E-state index contributed by atoms with van der Waals surface area (Å²) in [5.41, 5.74) is 3.55. The van der Waals surface area contributed by atoms with Gasteiger partial charge < -0.3 is 5.11 Å². The summed E-state index contributed by atoms with van der Waals surface area (Å²) in [6, 6.07) is 9.78. The first kappa shape index (κ1) is 13.3. The summed E-state index contributed by atoms with van der Waals surface area (Å²) in [5, 5.41) is 13.6. The third kappa shape index (κ3) is 2.67. The average Bonchev–Trinajstić information content (AvgIpc) is 2.68. The Labute approximate surface area is 112 Å². The Morgan fingerprint density at radius 3 is 2.47 bits per heavy atom. The first-order chi connectivity index (χ1) is 9.00. The van der Waals surface area contributed by atoms with Crippen LogP contribution in [0, 0.1) is 6.92 Å². The zero-order chi connectivity index (χ0) is 14.0. The van der Waals surface area contributed by atoms with Crippen LogP contribution < -0.4 is 0 Å². The highest BCUT2D eigenvalue weighted by molar-refractivity contribution is 5.71. The van der Waals surface area contributed by atoms with Crippen LogP contribution in [0.1, 0.15) is 36.7 Å². The first-order valence-corrected chi connectivity index (χ1v) is 6.36. The highest BCUT2D eigenvalue weighted by atomic mass is 16.4. The molecule has 0 amide bonds. The monoisotopic (exact) mass is 258 g/mol. The molecule has 0 fully saturated rings. The number of hydrogen-bond acceptors (Lipinski definition) is 2. The van der Waals surface area contributed by atoms with Gasteiger partial charge in [-0.1, -0.05) is 32.0 Å². The summed E-state index contributed by atoms with van der Waals surface area (Å²) in [7, 11) is 0. The summed E-state index contributed by atoms with van der Waals surface area (Å²) in [5.74, 6) is -0.615. The molecule has 0 aliphatic carbocycles. The first-order valence-electron chi connectivity index (χ1n) is 6.36. The van der Waals surface area contributed by atoms with Crippen LogP contribution >= 0.6 is 0 Å². The van der Waals surface area contributed by atoms with E-state index < -0.39 is 5.97 Å². The van der Waals surface area contributed by atoms with E-state index in [2.05, 4.69) is 5.10 Å². The number of hydrogen-bond donors (Lipinski definition) is 1. The second-order valence-electron chi connectivity index (χ2n) is 4.92. The third-order valence-electron chi connectivity index (χ3n) is 3.15. The molecule has 4 nitrogen and oxygen atoms in total. The minimum Gasteiger partial charge on any atom is -0.481 e. The summed E-state index contributed by atoms with van der Waals surface area (Å²) in [6.45, 7) is 5.98. The van der Waals surface area contributed by atoms with Gasteiger partial charge in [-0.15, -0.1) is 0 Å². The predicted molar refractivity (Wildman–Crippen MR) is 73.7 cm³/mol. The molecule has 2 aromatic rings. The molecule has 2 rings (SSSR count). The van der Waals surface area contributed by atoms with E-state index in [1.165, 1.54) is 0 Å². The van der Waals surface area contributed by atoms with Crippen LogP contribution in [-0.2, 0) is 11.2 Å². The molecule has 1 heterocycles. The molecular weight excluding hydrogens is 240 g/mol. The van der Waals surface area contributed by atoms with Gasteiger partial charge in [0.05, 0.1) is 17.8 Å². The van der Waals surface area contributed by atoms with E-state index in [1.807, 2.05) is 55.8 Å². The van der Waals surface area contributed by atoms with Crippen LogP contribution in [0.5, 0.6) is 0 Å². The predicted octanol–water partition coefficient (Wildman–Crippen LogP) is 2.93. The lowest BCUT2D eigenvalue weighted by Crippen LogP contribution is -2.04. The standard InChI is InChI=1S/C15H18N2O2/c1-10(2)15-13(9-14(18)19)11(3)17(16-15)12-7-5-4-6-8-12/h4-8,10H,9H2,1-3H3,(H,18,19). The molecule has 0 bridgehead atoms. The maximum atomic E-state index is 11.0. The zero-order valence-electron chi connectivity index (χ0n) is 11.4. The van der Waals surface area contributed by atoms with Crippen molar-refractivity contribution in [2.75, 3.05) is 0 Å². The maximum absolute atomic E-state index is 11.0. The summed E-state index contributed by atoms with van der Waals surface area (Å²) >= 11 is 0. The van der Waals surface area contributed by atoms with Gasteiger partial charge >= 0.3 is 5.97 Å². The van der Waals surface area contributed by atoms with E-state index in [0.29, 0.717) is 0 Å². The zero-order valence-corrected chi connectivity index (χ0v) is 11.4. The van der Waals surface area contributed by atoms with Crippen LogP contribution in [-0.4, -0.2) is 20.9 Å². The molecule has 19 heavy (non-hydrogen) atoms.